The van der Waals surface area contributed by atoms with E-state index in [1.807, 2.05) is 40.7 Å². The Kier molecular flexibility index (Phi) is 11.5. The molecule has 0 N–H and O–H groups in total. The van der Waals surface area contributed by atoms with E-state index in [0.717, 1.165) is 47.0 Å². The van der Waals surface area contributed by atoms with Gasteiger partial charge in [0.25, 0.3) is 0 Å². The third-order valence-corrected chi connectivity index (χ3v) is 7.53. The van der Waals surface area contributed by atoms with Crippen LogP contribution >= 0.6 is 0 Å². The van der Waals surface area contributed by atoms with Crippen molar-refractivity contribution in [3.8, 4) is 23.0 Å². The molecular formula is C26H39NO5S. The summed E-state index contributed by atoms with van der Waals surface area (Å²) in [7, 11) is 5.39. The summed E-state index contributed by atoms with van der Waals surface area (Å²) in [6.07, 6.45) is 4.37. The molecule has 2 rings (SSSR count). The Morgan fingerprint density at radius 1 is 0.788 bits per heavy atom. The van der Waals surface area contributed by atoms with E-state index in [0.29, 0.717) is 24.8 Å². The Labute approximate surface area is 201 Å². The second-order valence-corrected chi connectivity index (χ2v) is 9.57. The number of hydrogen-bond acceptors (Lipinski definition) is 5. The van der Waals surface area contributed by atoms with E-state index < -0.39 is 11.0 Å². The topological polar surface area (TPSA) is 57.2 Å². The summed E-state index contributed by atoms with van der Waals surface area (Å²) in [5.74, 6) is 4.22. The minimum absolute atomic E-state index is 0.486. The van der Waals surface area contributed by atoms with Crippen LogP contribution in [0.25, 0.3) is 0 Å². The molecule has 0 heterocycles. The van der Waals surface area contributed by atoms with Crippen molar-refractivity contribution in [2.75, 3.05) is 34.2 Å². The smallest absolute Gasteiger partial charge is 0.127 e. The number of hydrogen-bond donors (Lipinski definition) is 0. The Balaban J connectivity index is 2.27. The summed E-state index contributed by atoms with van der Waals surface area (Å²) in [4.78, 5) is 0. The number of benzene rings is 2. The largest absolute Gasteiger partial charge is 0.497 e. The van der Waals surface area contributed by atoms with Crippen LogP contribution in [0.15, 0.2) is 36.4 Å². The maximum absolute atomic E-state index is 13.5. The molecular weight excluding hydrogens is 438 g/mol. The average Bonchev–Trinajstić information content (AvgIpc) is 2.86. The highest BCUT2D eigenvalue weighted by Gasteiger charge is 2.20. The van der Waals surface area contributed by atoms with Crippen LogP contribution in [0.2, 0.25) is 0 Å². The van der Waals surface area contributed by atoms with Crippen LogP contribution in [0.4, 0.5) is 0 Å². The van der Waals surface area contributed by atoms with E-state index in [2.05, 4.69) is 13.8 Å². The van der Waals surface area contributed by atoms with Gasteiger partial charge in [0, 0.05) is 42.1 Å². The van der Waals surface area contributed by atoms with E-state index in [9.17, 15) is 4.21 Å². The van der Waals surface area contributed by atoms with Crippen LogP contribution in [0.1, 0.15) is 50.7 Å². The summed E-state index contributed by atoms with van der Waals surface area (Å²) >= 11 is 0. The molecule has 2 aromatic rings. The lowest BCUT2D eigenvalue weighted by molar-refractivity contribution is 0.367. The van der Waals surface area contributed by atoms with Crippen molar-refractivity contribution >= 4 is 11.0 Å². The fraction of sp³-hybridized carbons (Fsp3) is 0.538. The third-order valence-electron chi connectivity index (χ3n) is 6.06. The molecule has 0 aliphatic carbocycles. The van der Waals surface area contributed by atoms with Crippen molar-refractivity contribution in [2.45, 2.75) is 52.6 Å². The molecule has 0 aliphatic heterocycles. The number of methoxy groups -OCH3 is 4. The predicted molar refractivity (Wildman–Crippen MR) is 135 cm³/mol. The van der Waals surface area contributed by atoms with Gasteiger partial charge in [-0.1, -0.05) is 38.8 Å². The molecule has 0 fully saturated rings. The van der Waals surface area contributed by atoms with Crippen LogP contribution in [0, 0.1) is 5.92 Å². The molecule has 0 saturated carbocycles. The Morgan fingerprint density at radius 2 is 1.27 bits per heavy atom. The summed E-state index contributed by atoms with van der Waals surface area (Å²) in [5, 5.41) is 0. The lowest BCUT2D eigenvalue weighted by Crippen LogP contribution is -2.28. The lowest BCUT2D eigenvalue weighted by Gasteiger charge is -2.24. The summed E-state index contributed by atoms with van der Waals surface area (Å²) in [5.41, 5.74) is 1.92. The monoisotopic (exact) mass is 477 g/mol. The summed E-state index contributed by atoms with van der Waals surface area (Å²) in [6.45, 7) is 5.42. The van der Waals surface area contributed by atoms with Crippen molar-refractivity contribution < 1.29 is 23.2 Å². The molecule has 0 aromatic heterocycles. The second-order valence-electron chi connectivity index (χ2n) is 8.00. The van der Waals surface area contributed by atoms with Crippen LogP contribution in [0.5, 0.6) is 23.0 Å². The van der Waals surface area contributed by atoms with Gasteiger partial charge >= 0.3 is 0 Å². The zero-order valence-electron chi connectivity index (χ0n) is 20.9. The predicted octanol–water partition coefficient (Wildman–Crippen LogP) is 5.60. The molecule has 0 radical (unpaired) electrons. The second kappa shape index (κ2) is 14.1. The van der Waals surface area contributed by atoms with Gasteiger partial charge in [-0.3, -0.25) is 0 Å². The van der Waals surface area contributed by atoms with E-state index in [4.69, 9.17) is 18.9 Å². The normalized spacial score (nSPS) is 12.1. The minimum Gasteiger partial charge on any atom is -0.497 e. The standard InChI is InChI=1S/C26H39NO5S/c1-7-20(8-2)10-9-15-33(28)27(18-21-11-13-23(29-3)16-25(21)31-5)19-22-12-14-24(30-4)17-26(22)32-6/h11-14,16-17,20H,7-10,15,18-19H2,1-6H3. The van der Waals surface area contributed by atoms with E-state index in [-0.39, 0.29) is 0 Å². The molecule has 0 saturated heterocycles. The zero-order valence-corrected chi connectivity index (χ0v) is 21.7. The van der Waals surface area contributed by atoms with Gasteiger partial charge < -0.3 is 18.9 Å². The third kappa shape index (κ3) is 7.93. The first-order chi connectivity index (χ1) is 16.0. The van der Waals surface area contributed by atoms with Crippen molar-refractivity contribution in [3.05, 3.63) is 47.5 Å². The molecule has 6 nitrogen and oxygen atoms in total. The highest BCUT2D eigenvalue weighted by Crippen LogP contribution is 2.30. The molecule has 1 unspecified atom stereocenters. The summed E-state index contributed by atoms with van der Waals surface area (Å²) < 4.78 is 37.3. The molecule has 0 bridgehead atoms. The number of rotatable bonds is 15. The van der Waals surface area contributed by atoms with Crippen molar-refractivity contribution in [1.82, 2.24) is 4.31 Å². The Morgan fingerprint density at radius 3 is 1.67 bits per heavy atom. The summed E-state index contributed by atoms with van der Waals surface area (Å²) in [6, 6.07) is 11.5. The molecule has 0 amide bonds. The highest BCUT2D eigenvalue weighted by molar-refractivity contribution is 7.82. The van der Waals surface area contributed by atoms with Gasteiger partial charge in [-0.05, 0) is 30.9 Å². The van der Waals surface area contributed by atoms with Gasteiger partial charge in [-0.2, -0.15) is 0 Å². The fourth-order valence-electron chi connectivity index (χ4n) is 3.87. The van der Waals surface area contributed by atoms with Gasteiger partial charge in [0.05, 0.1) is 39.4 Å². The maximum atomic E-state index is 13.5. The number of ether oxygens (including phenoxy) is 4. The molecule has 7 heteroatoms. The fourth-order valence-corrected chi connectivity index (χ4v) is 5.10. The van der Waals surface area contributed by atoms with E-state index in [1.54, 1.807) is 28.4 Å². The SMILES string of the molecule is CCC(CC)CCCS(=O)N(Cc1ccc(OC)cc1OC)Cc1ccc(OC)cc1OC. The van der Waals surface area contributed by atoms with Crippen molar-refractivity contribution in [1.29, 1.82) is 0 Å². The highest BCUT2D eigenvalue weighted by atomic mass is 32.2. The Bertz CT molecular complexity index is 827. The van der Waals surface area contributed by atoms with E-state index >= 15 is 0 Å². The van der Waals surface area contributed by atoms with Crippen LogP contribution in [-0.4, -0.2) is 42.7 Å². The quantitative estimate of drug-likeness (QED) is 0.334. The Hall–Kier alpha value is -2.25. The zero-order chi connectivity index (χ0) is 24.2. The maximum Gasteiger partial charge on any atom is 0.127 e. The van der Waals surface area contributed by atoms with Crippen molar-refractivity contribution in [3.63, 3.8) is 0 Å². The average molecular weight is 478 g/mol. The van der Waals surface area contributed by atoms with Gasteiger partial charge in [0.1, 0.15) is 23.0 Å². The van der Waals surface area contributed by atoms with Gasteiger partial charge in [-0.25, -0.2) is 8.51 Å². The molecule has 33 heavy (non-hydrogen) atoms. The van der Waals surface area contributed by atoms with Crippen LogP contribution in [0.3, 0.4) is 0 Å². The van der Waals surface area contributed by atoms with E-state index in [1.165, 1.54) is 12.8 Å². The van der Waals surface area contributed by atoms with Crippen LogP contribution in [-0.2, 0) is 24.1 Å². The first-order valence-corrected chi connectivity index (χ1v) is 12.8. The van der Waals surface area contributed by atoms with Gasteiger partial charge in [0.15, 0.2) is 0 Å². The van der Waals surface area contributed by atoms with Gasteiger partial charge in [0.2, 0.25) is 0 Å². The lowest BCUT2D eigenvalue weighted by atomic mass is 9.98. The van der Waals surface area contributed by atoms with Crippen molar-refractivity contribution in [2.24, 2.45) is 5.92 Å². The van der Waals surface area contributed by atoms with Crippen LogP contribution < -0.4 is 18.9 Å². The first-order valence-electron chi connectivity index (χ1n) is 11.5. The molecule has 1 atom stereocenters. The molecule has 2 aromatic carbocycles. The molecule has 184 valence electrons. The number of nitrogens with zero attached hydrogens (tertiary/aromatic N) is 1. The molecule has 0 spiro atoms. The molecule has 0 aliphatic rings. The van der Waals surface area contributed by atoms with Gasteiger partial charge in [-0.15, -0.1) is 0 Å². The minimum atomic E-state index is -1.15. The first kappa shape index (κ1) is 27.0.